The Morgan fingerprint density at radius 1 is 1.26 bits per heavy atom. The van der Waals surface area contributed by atoms with E-state index in [2.05, 4.69) is 72.2 Å². The molecule has 0 aliphatic heterocycles. The molecule has 102 valence electrons. The number of thiophene rings is 1. The molecule has 0 amide bonds. The van der Waals surface area contributed by atoms with Crippen molar-refractivity contribution in [1.82, 2.24) is 5.32 Å². The lowest BCUT2D eigenvalue weighted by molar-refractivity contribution is 0.630. The highest BCUT2D eigenvalue weighted by Crippen LogP contribution is 2.38. The van der Waals surface area contributed by atoms with Crippen molar-refractivity contribution in [2.24, 2.45) is 0 Å². The molecule has 1 unspecified atom stereocenters. The fraction of sp³-hybridized carbons (Fsp3) is 0.231. The first-order valence-electron chi connectivity index (χ1n) is 5.66. The van der Waals surface area contributed by atoms with Gasteiger partial charge in [0.25, 0.3) is 0 Å². The van der Waals surface area contributed by atoms with E-state index in [1.807, 2.05) is 12.1 Å². The molecule has 1 aromatic heterocycles. The topological polar surface area (TPSA) is 12.0 Å². The molecule has 1 nitrogen and oxygen atoms in total. The van der Waals surface area contributed by atoms with Gasteiger partial charge in [0.15, 0.2) is 0 Å². The summed E-state index contributed by atoms with van der Waals surface area (Å²) in [5.41, 5.74) is 2.37. The first-order chi connectivity index (χ1) is 9.02. The minimum Gasteiger partial charge on any atom is -0.306 e. The molecule has 1 heterocycles. The third kappa shape index (κ3) is 3.83. The standard InChI is InChI=1S/C13H11Br3ClNS/c1-2-18-12(8-6-11(15)19-13(8)16)7-3-4-9(14)10(17)5-7/h3-6,12,18H,2H2,1H3. The van der Waals surface area contributed by atoms with Crippen molar-refractivity contribution >= 4 is 70.7 Å². The van der Waals surface area contributed by atoms with Crippen molar-refractivity contribution in [3.8, 4) is 0 Å². The van der Waals surface area contributed by atoms with Crippen LogP contribution in [-0.2, 0) is 0 Å². The van der Waals surface area contributed by atoms with E-state index in [1.54, 1.807) is 11.3 Å². The van der Waals surface area contributed by atoms with Crippen LogP contribution in [0, 0.1) is 0 Å². The highest BCUT2D eigenvalue weighted by atomic mass is 79.9. The number of hydrogen-bond acceptors (Lipinski definition) is 2. The molecule has 6 heteroatoms. The van der Waals surface area contributed by atoms with E-state index in [4.69, 9.17) is 11.6 Å². The fourth-order valence-electron chi connectivity index (χ4n) is 1.85. The summed E-state index contributed by atoms with van der Waals surface area (Å²) in [6.45, 7) is 2.99. The van der Waals surface area contributed by atoms with E-state index >= 15 is 0 Å². The normalized spacial score (nSPS) is 12.7. The second kappa shape index (κ2) is 7.05. The summed E-state index contributed by atoms with van der Waals surface area (Å²) < 4.78 is 3.16. The van der Waals surface area contributed by atoms with Gasteiger partial charge < -0.3 is 5.32 Å². The molecule has 0 fully saturated rings. The van der Waals surface area contributed by atoms with E-state index < -0.39 is 0 Å². The van der Waals surface area contributed by atoms with Gasteiger partial charge in [-0.15, -0.1) is 11.3 Å². The molecule has 2 rings (SSSR count). The van der Waals surface area contributed by atoms with Crippen molar-refractivity contribution in [2.45, 2.75) is 13.0 Å². The summed E-state index contributed by atoms with van der Waals surface area (Å²) in [7, 11) is 0. The maximum atomic E-state index is 6.20. The molecule has 0 spiro atoms. The van der Waals surface area contributed by atoms with Crippen LogP contribution in [0.5, 0.6) is 0 Å². The third-order valence-electron chi connectivity index (χ3n) is 2.68. The molecule has 1 atom stereocenters. The maximum absolute atomic E-state index is 6.20. The monoisotopic (exact) mass is 485 g/mol. The van der Waals surface area contributed by atoms with Gasteiger partial charge in [0.05, 0.1) is 18.6 Å². The van der Waals surface area contributed by atoms with Gasteiger partial charge in [0, 0.05) is 4.47 Å². The average molecular weight is 488 g/mol. The molecule has 0 saturated heterocycles. The van der Waals surface area contributed by atoms with Gasteiger partial charge in [-0.3, -0.25) is 0 Å². The molecule has 19 heavy (non-hydrogen) atoms. The largest absolute Gasteiger partial charge is 0.306 e. The number of halogens is 4. The Bertz CT molecular complexity index is 585. The Morgan fingerprint density at radius 2 is 2.00 bits per heavy atom. The van der Waals surface area contributed by atoms with Crippen molar-refractivity contribution in [3.05, 3.63) is 52.5 Å². The number of rotatable bonds is 4. The smallest absolute Gasteiger partial charge is 0.0761 e. The predicted octanol–water partition coefficient (Wildman–Crippen LogP) is 6.39. The second-order valence-electron chi connectivity index (χ2n) is 3.94. The van der Waals surface area contributed by atoms with Crippen LogP contribution in [0.2, 0.25) is 5.02 Å². The van der Waals surface area contributed by atoms with Crippen molar-refractivity contribution in [2.75, 3.05) is 6.54 Å². The van der Waals surface area contributed by atoms with Crippen LogP contribution in [0.15, 0.2) is 36.3 Å². The Morgan fingerprint density at radius 3 is 2.53 bits per heavy atom. The minimum atomic E-state index is 0.132. The van der Waals surface area contributed by atoms with Crippen LogP contribution >= 0.6 is 70.7 Å². The van der Waals surface area contributed by atoms with Crippen molar-refractivity contribution in [3.63, 3.8) is 0 Å². The second-order valence-corrected chi connectivity index (χ2v) is 8.95. The van der Waals surface area contributed by atoms with E-state index in [1.165, 1.54) is 5.56 Å². The van der Waals surface area contributed by atoms with Gasteiger partial charge in [0.2, 0.25) is 0 Å². The van der Waals surface area contributed by atoms with E-state index in [9.17, 15) is 0 Å². The van der Waals surface area contributed by atoms with E-state index in [0.717, 1.165) is 29.2 Å². The molecule has 0 aliphatic rings. The zero-order valence-corrected chi connectivity index (χ0v) is 16.3. The highest BCUT2D eigenvalue weighted by Gasteiger charge is 2.19. The number of nitrogens with one attached hydrogen (secondary N) is 1. The zero-order chi connectivity index (χ0) is 14.0. The Hall–Kier alpha value is 0.610. The lowest BCUT2D eigenvalue weighted by Gasteiger charge is -2.18. The van der Waals surface area contributed by atoms with Gasteiger partial charge in [-0.05, 0) is 83.7 Å². The van der Waals surface area contributed by atoms with Gasteiger partial charge in [0.1, 0.15) is 0 Å². The fourth-order valence-corrected chi connectivity index (χ4v) is 5.19. The molecule has 0 aliphatic carbocycles. The van der Waals surface area contributed by atoms with Crippen LogP contribution in [0.3, 0.4) is 0 Å². The van der Waals surface area contributed by atoms with Crippen molar-refractivity contribution in [1.29, 1.82) is 0 Å². The highest BCUT2D eigenvalue weighted by molar-refractivity contribution is 9.12. The van der Waals surface area contributed by atoms with Gasteiger partial charge in [-0.2, -0.15) is 0 Å². The quantitative estimate of drug-likeness (QED) is 0.526. The van der Waals surface area contributed by atoms with Crippen LogP contribution in [-0.4, -0.2) is 6.54 Å². The molecule has 2 aromatic rings. The van der Waals surface area contributed by atoms with Gasteiger partial charge >= 0.3 is 0 Å². The van der Waals surface area contributed by atoms with E-state index in [-0.39, 0.29) is 6.04 Å². The minimum absolute atomic E-state index is 0.132. The first-order valence-corrected chi connectivity index (χ1v) is 9.23. The summed E-state index contributed by atoms with van der Waals surface area (Å²) >= 11 is 18.5. The lowest BCUT2D eigenvalue weighted by Crippen LogP contribution is -2.21. The molecule has 0 radical (unpaired) electrons. The van der Waals surface area contributed by atoms with Crippen LogP contribution in [0.4, 0.5) is 0 Å². The van der Waals surface area contributed by atoms with Crippen molar-refractivity contribution < 1.29 is 0 Å². The van der Waals surface area contributed by atoms with Gasteiger partial charge in [-0.25, -0.2) is 0 Å². The first kappa shape index (κ1) is 16.0. The zero-order valence-electron chi connectivity index (χ0n) is 10.0. The summed E-state index contributed by atoms with van der Waals surface area (Å²) in [5.74, 6) is 0. The summed E-state index contributed by atoms with van der Waals surface area (Å²) in [6.07, 6.45) is 0. The third-order valence-corrected chi connectivity index (χ3v) is 6.30. The Kier molecular flexibility index (Phi) is 5.93. The summed E-state index contributed by atoms with van der Waals surface area (Å²) in [4.78, 5) is 0. The maximum Gasteiger partial charge on any atom is 0.0761 e. The van der Waals surface area contributed by atoms with E-state index in [0.29, 0.717) is 0 Å². The Balaban J connectivity index is 2.44. The number of benzene rings is 1. The van der Waals surface area contributed by atoms with Crippen LogP contribution in [0.1, 0.15) is 24.1 Å². The van der Waals surface area contributed by atoms with Crippen LogP contribution < -0.4 is 5.32 Å². The molecule has 1 aromatic carbocycles. The number of hydrogen-bond donors (Lipinski definition) is 1. The lowest BCUT2D eigenvalue weighted by atomic mass is 10.0. The van der Waals surface area contributed by atoms with Crippen LogP contribution in [0.25, 0.3) is 0 Å². The molecule has 1 N–H and O–H groups in total. The molecule has 0 saturated carbocycles. The molecule has 0 bridgehead atoms. The average Bonchev–Trinajstić information content (AvgIpc) is 2.69. The molecular weight excluding hydrogens is 477 g/mol. The summed E-state index contributed by atoms with van der Waals surface area (Å²) in [5, 5.41) is 4.23. The summed E-state index contributed by atoms with van der Waals surface area (Å²) in [6, 6.07) is 8.33. The Labute approximate surface area is 147 Å². The SMILES string of the molecule is CCNC(c1ccc(Br)c(Cl)c1)c1cc(Br)sc1Br. The van der Waals surface area contributed by atoms with Gasteiger partial charge in [-0.1, -0.05) is 24.6 Å². The predicted molar refractivity (Wildman–Crippen MR) is 94.4 cm³/mol. The molecular formula is C13H11Br3ClNS.